The maximum Gasteiger partial charge on any atom is 0.264 e. The van der Waals surface area contributed by atoms with Crippen LogP contribution in [0.3, 0.4) is 0 Å². The Hall–Kier alpha value is -3.56. The molecule has 0 aliphatic rings. The lowest BCUT2D eigenvalue weighted by Gasteiger charge is -2.34. The van der Waals surface area contributed by atoms with Gasteiger partial charge in [0.25, 0.3) is 10.0 Å². The summed E-state index contributed by atoms with van der Waals surface area (Å²) in [6.45, 7) is 3.38. The number of amides is 2. The summed E-state index contributed by atoms with van der Waals surface area (Å²) in [5.74, 6) is -0.949. The summed E-state index contributed by atoms with van der Waals surface area (Å²) >= 11 is 18.5. The molecule has 4 aromatic carbocycles. The highest BCUT2D eigenvalue weighted by Crippen LogP contribution is 2.28. The second-order valence-electron chi connectivity index (χ2n) is 10.2. The smallest absolute Gasteiger partial charge is 0.264 e. The Morgan fingerprint density at radius 3 is 2.16 bits per heavy atom. The van der Waals surface area contributed by atoms with Crippen molar-refractivity contribution in [3.05, 3.63) is 129 Å². The van der Waals surface area contributed by atoms with E-state index in [1.54, 1.807) is 43.3 Å². The van der Waals surface area contributed by atoms with Crippen LogP contribution in [0.25, 0.3) is 0 Å². The average molecular weight is 673 g/mol. The standard InChI is InChI=1S/C33H32Cl3N3O4S/c1-3-37-33(41)31(20-24-9-5-4-6-10-24)38(21-25-12-17-29(35)30(36)19-25)32(40)22-39(27-11-7-8-23(2)18-27)44(42,43)28-15-13-26(34)14-16-28/h4-19,31H,3,20-22H2,1-2H3,(H,37,41)/t31-/m0/s1. The summed E-state index contributed by atoms with van der Waals surface area (Å²) in [6, 6.07) is 25.9. The molecule has 44 heavy (non-hydrogen) atoms. The fourth-order valence-corrected chi connectivity index (χ4v) is 6.58. The van der Waals surface area contributed by atoms with Gasteiger partial charge in [0.1, 0.15) is 12.6 Å². The van der Waals surface area contributed by atoms with Gasteiger partial charge in [0.15, 0.2) is 0 Å². The Labute approximate surface area is 273 Å². The zero-order chi connectivity index (χ0) is 31.9. The molecule has 0 spiro atoms. The van der Waals surface area contributed by atoms with E-state index >= 15 is 0 Å². The molecule has 230 valence electrons. The minimum absolute atomic E-state index is 0.0208. The number of nitrogens with one attached hydrogen (secondary N) is 1. The lowest BCUT2D eigenvalue weighted by molar-refractivity contribution is -0.140. The number of hydrogen-bond acceptors (Lipinski definition) is 4. The van der Waals surface area contributed by atoms with E-state index in [0.29, 0.717) is 32.9 Å². The number of nitrogens with zero attached hydrogens (tertiary/aromatic N) is 2. The number of benzene rings is 4. The largest absolute Gasteiger partial charge is 0.355 e. The van der Waals surface area contributed by atoms with Gasteiger partial charge in [-0.15, -0.1) is 0 Å². The van der Waals surface area contributed by atoms with Gasteiger partial charge in [-0.1, -0.05) is 83.3 Å². The second-order valence-corrected chi connectivity index (χ2v) is 13.3. The van der Waals surface area contributed by atoms with Gasteiger partial charge in [-0.3, -0.25) is 13.9 Å². The van der Waals surface area contributed by atoms with Gasteiger partial charge in [0.05, 0.1) is 20.6 Å². The first-order chi connectivity index (χ1) is 21.0. The maximum absolute atomic E-state index is 14.4. The van der Waals surface area contributed by atoms with Crippen LogP contribution in [0.5, 0.6) is 0 Å². The van der Waals surface area contributed by atoms with Gasteiger partial charge in [0, 0.05) is 24.5 Å². The summed E-state index contributed by atoms with van der Waals surface area (Å²) in [7, 11) is -4.23. The van der Waals surface area contributed by atoms with Crippen LogP contribution in [-0.4, -0.2) is 44.3 Å². The van der Waals surface area contributed by atoms with Gasteiger partial charge in [-0.2, -0.15) is 0 Å². The minimum Gasteiger partial charge on any atom is -0.355 e. The quantitative estimate of drug-likeness (QED) is 0.177. The molecule has 2 amide bonds. The van der Waals surface area contributed by atoms with E-state index in [-0.39, 0.29) is 23.8 Å². The van der Waals surface area contributed by atoms with E-state index in [9.17, 15) is 18.0 Å². The predicted octanol–water partition coefficient (Wildman–Crippen LogP) is 6.93. The number of sulfonamides is 1. The average Bonchev–Trinajstić information content (AvgIpc) is 3.00. The Morgan fingerprint density at radius 2 is 1.52 bits per heavy atom. The van der Waals surface area contributed by atoms with Crippen LogP contribution in [-0.2, 0) is 32.6 Å². The molecule has 7 nitrogen and oxygen atoms in total. The van der Waals surface area contributed by atoms with Crippen molar-refractivity contribution in [3.63, 3.8) is 0 Å². The van der Waals surface area contributed by atoms with Crippen molar-refractivity contribution < 1.29 is 18.0 Å². The van der Waals surface area contributed by atoms with Crippen LogP contribution < -0.4 is 9.62 Å². The van der Waals surface area contributed by atoms with Crippen molar-refractivity contribution in [3.8, 4) is 0 Å². The van der Waals surface area contributed by atoms with Crippen LogP contribution in [0, 0.1) is 6.92 Å². The Morgan fingerprint density at radius 1 is 0.818 bits per heavy atom. The Balaban J connectivity index is 1.81. The van der Waals surface area contributed by atoms with Crippen molar-refractivity contribution in [1.29, 1.82) is 0 Å². The lowest BCUT2D eigenvalue weighted by atomic mass is 10.0. The van der Waals surface area contributed by atoms with Gasteiger partial charge < -0.3 is 10.2 Å². The van der Waals surface area contributed by atoms with Gasteiger partial charge in [-0.25, -0.2) is 8.42 Å². The van der Waals surface area contributed by atoms with Crippen LogP contribution in [0.1, 0.15) is 23.6 Å². The summed E-state index contributed by atoms with van der Waals surface area (Å²) in [5, 5.41) is 3.85. The first-order valence-electron chi connectivity index (χ1n) is 13.9. The monoisotopic (exact) mass is 671 g/mol. The fourth-order valence-electron chi connectivity index (χ4n) is 4.73. The summed E-state index contributed by atoms with van der Waals surface area (Å²) in [4.78, 5) is 29.3. The van der Waals surface area contributed by atoms with Crippen LogP contribution in [0.15, 0.2) is 102 Å². The number of hydrogen-bond donors (Lipinski definition) is 1. The normalized spacial score (nSPS) is 11.9. The summed E-state index contributed by atoms with van der Waals surface area (Å²) in [5.41, 5.74) is 2.57. The van der Waals surface area contributed by atoms with Gasteiger partial charge >= 0.3 is 0 Å². The van der Waals surface area contributed by atoms with Crippen molar-refractivity contribution in [2.45, 2.75) is 37.8 Å². The van der Waals surface area contributed by atoms with Gasteiger partial charge in [0.2, 0.25) is 11.8 Å². The van der Waals surface area contributed by atoms with Crippen molar-refractivity contribution in [1.82, 2.24) is 10.2 Å². The van der Waals surface area contributed by atoms with Crippen LogP contribution in [0.4, 0.5) is 5.69 Å². The predicted molar refractivity (Wildman–Crippen MR) is 177 cm³/mol. The topological polar surface area (TPSA) is 86.8 Å². The number of aryl methyl sites for hydroxylation is 1. The Kier molecular flexibility index (Phi) is 11.3. The number of carbonyl (C=O) groups is 2. The van der Waals surface area contributed by atoms with Crippen LogP contribution in [0.2, 0.25) is 15.1 Å². The van der Waals surface area contributed by atoms with E-state index in [2.05, 4.69) is 5.32 Å². The highest BCUT2D eigenvalue weighted by molar-refractivity contribution is 7.92. The molecule has 11 heteroatoms. The van der Waals surface area contributed by atoms with E-state index in [4.69, 9.17) is 34.8 Å². The highest BCUT2D eigenvalue weighted by atomic mass is 35.5. The van der Waals surface area contributed by atoms with E-state index in [1.165, 1.54) is 29.2 Å². The molecule has 0 radical (unpaired) electrons. The molecular formula is C33H32Cl3N3O4S. The molecule has 1 atom stereocenters. The number of anilines is 1. The zero-order valence-corrected chi connectivity index (χ0v) is 27.3. The molecule has 0 aliphatic heterocycles. The van der Waals surface area contributed by atoms with Crippen LogP contribution >= 0.6 is 34.8 Å². The molecule has 0 fully saturated rings. The third kappa shape index (κ3) is 8.33. The SMILES string of the molecule is CCNC(=O)[C@H](Cc1ccccc1)N(Cc1ccc(Cl)c(Cl)c1)C(=O)CN(c1cccc(C)c1)S(=O)(=O)c1ccc(Cl)cc1. The molecule has 0 saturated carbocycles. The third-order valence-electron chi connectivity index (χ3n) is 6.93. The first kappa shape index (κ1) is 33.3. The highest BCUT2D eigenvalue weighted by Gasteiger charge is 2.34. The molecule has 1 N–H and O–H groups in total. The molecule has 0 heterocycles. The molecule has 4 rings (SSSR count). The first-order valence-corrected chi connectivity index (χ1v) is 16.5. The number of likely N-dealkylation sites (N-methyl/N-ethyl adjacent to an activating group) is 1. The Bertz CT molecular complexity index is 1720. The van der Waals surface area contributed by atoms with E-state index in [0.717, 1.165) is 15.4 Å². The number of rotatable bonds is 12. The summed E-state index contributed by atoms with van der Waals surface area (Å²) in [6.07, 6.45) is 0.202. The molecule has 0 bridgehead atoms. The van der Waals surface area contributed by atoms with Crippen molar-refractivity contribution in [2.75, 3.05) is 17.4 Å². The molecule has 0 aliphatic carbocycles. The fraction of sp³-hybridized carbons (Fsp3) is 0.212. The maximum atomic E-state index is 14.4. The van der Waals surface area contributed by atoms with Gasteiger partial charge in [-0.05, 0) is 79.1 Å². The summed E-state index contributed by atoms with van der Waals surface area (Å²) < 4.78 is 29.2. The molecular weight excluding hydrogens is 641 g/mol. The molecule has 4 aromatic rings. The lowest BCUT2D eigenvalue weighted by Crippen LogP contribution is -2.53. The molecule has 0 unspecified atom stereocenters. The molecule has 0 aromatic heterocycles. The van der Waals surface area contributed by atoms with Crippen molar-refractivity contribution in [2.24, 2.45) is 0 Å². The zero-order valence-electron chi connectivity index (χ0n) is 24.2. The minimum atomic E-state index is -4.23. The number of halogens is 3. The van der Waals surface area contributed by atoms with E-state index in [1.807, 2.05) is 43.3 Å². The number of carbonyl (C=O) groups excluding carboxylic acids is 2. The van der Waals surface area contributed by atoms with Crippen molar-refractivity contribution >= 4 is 62.3 Å². The third-order valence-corrected chi connectivity index (χ3v) is 9.71. The molecule has 0 saturated heterocycles. The van der Waals surface area contributed by atoms with E-state index < -0.39 is 28.5 Å². The second kappa shape index (κ2) is 14.9.